The lowest BCUT2D eigenvalue weighted by Gasteiger charge is -2.64. The van der Waals surface area contributed by atoms with Crippen molar-refractivity contribution in [1.29, 1.82) is 0 Å². The monoisotopic (exact) mass is 500 g/mol. The molecule has 5 nitrogen and oxygen atoms in total. The number of benzene rings is 1. The van der Waals surface area contributed by atoms with Crippen LogP contribution in [0.3, 0.4) is 0 Å². The maximum Gasteiger partial charge on any atom is 0.464 e. The van der Waals surface area contributed by atoms with Gasteiger partial charge in [-0.05, 0) is 60.7 Å². The number of hydrogen-bond donors (Lipinski definition) is 0. The molecule has 4 fully saturated rings. The van der Waals surface area contributed by atoms with Crippen molar-refractivity contribution >= 4 is 21.7 Å². The van der Waals surface area contributed by atoms with Gasteiger partial charge in [0.1, 0.15) is 6.29 Å². The summed E-state index contributed by atoms with van der Waals surface area (Å²) in [4.78, 5) is 11.9. The molecular formula is C28H45BO5Si. The molecule has 1 aromatic rings. The van der Waals surface area contributed by atoms with Crippen LogP contribution in [0.1, 0.15) is 66.4 Å². The van der Waals surface area contributed by atoms with Gasteiger partial charge in [0.05, 0.1) is 31.0 Å². The van der Waals surface area contributed by atoms with Crippen molar-refractivity contribution < 1.29 is 23.3 Å². The number of aldehydes is 1. The summed E-state index contributed by atoms with van der Waals surface area (Å²) in [5, 5.41) is 0.0898. The van der Waals surface area contributed by atoms with Gasteiger partial charge in [0.25, 0.3) is 0 Å². The van der Waals surface area contributed by atoms with Gasteiger partial charge in [0.15, 0.2) is 8.32 Å². The number of ether oxygens (including phenoxy) is 1. The highest BCUT2D eigenvalue weighted by molar-refractivity contribution is 6.74. The highest BCUT2D eigenvalue weighted by atomic mass is 28.4. The van der Waals surface area contributed by atoms with E-state index < -0.39 is 15.4 Å². The molecule has 0 radical (unpaired) electrons. The Morgan fingerprint density at radius 3 is 2.46 bits per heavy atom. The Hall–Kier alpha value is -0.988. The highest BCUT2D eigenvalue weighted by Crippen LogP contribution is 2.66. The molecule has 0 amide bonds. The quantitative estimate of drug-likeness (QED) is 0.280. The van der Waals surface area contributed by atoms with E-state index in [-0.39, 0.29) is 34.1 Å². The first kappa shape index (κ1) is 27.1. The highest BCUT2D eigenvalue weighted by Gasteiger charge is 2.68. The van der Waals surface area contributed by atoms with Gasteiger partial charge in [-0.3, -0.25) is 0 Å². The van der Waals surface area contributed by atoms with Crippen molar-refractivity contribution in [1.82, 2.24) is 0 Å². The van der Waals surface area contributed by atoms with E-state index in [2.05, 4.69) is 66.8 Å². The molecule has 3 saturated carbocycles. The Labute approximate surface area is 213 Å². The molecule has 0 N–H and O–H groups in total. The molecule has 5 rings (SSSR count). The van der Waals surface area contributed by atoms with E-state index >= 15 is 0 Å². The summed E-state index contributed by atoms with van der Waals surface area (Å²) in [6.45, 7) is 19.1. The van der Waals surface area contributed by atoms with Crippen molar-refractivity contribution in [2.45, 2.75) is 109 Å². The lowest BCUT2D eigenvalue weighted by molar-refractivity contribution is -0.199. The predicted molar refractivity (Wildman–Crippen MR) is 143 cm³/mol. The van der Waals surface area contributed by atoms with Crippen molar-refractivity contribution in [3.63, 3.8) is 0 Å². The van der Waals surface area contributed by atoms with Gasteiger partial charge in [-0.15, -0.1) is 0 Å². The Balaban J connectivity index is 1.54. The van der Waals surface area contributed by atoms with E-state index in [0.717, 1.165) is 18.3 Å². The Morgan fingerprint density at radius 2 is 1.86 bits per heavy atom. The molecule has 0 spiro atoms. The van der Waals surface area contributed by atoms with Crippen molar-refractivity contribution in [3.05, 3.63) is 35.9 Å². The third kappa shape index (κ3) is 5.09. The fourth-order valence-corrected chi connectivity index (χ4v) is 7.23. The fraction of sp³-hybridized carbons (Fsp3) is 0.750. The molecule has 194 valence electrons. The standard InChI is InChI=1S/C28H45BO5Si/c1-26(2,3)35(7,8)32-19-23(31-18-20-12-10-9-11-13-20)22(14-15-30)29-33-25-17-21-16-24(27(21,4)5)28(25,6)34-29/h9-13,15,21-25H,14,16-19H2,1-8H3/t21-,22-,23+,24-,25+,28-/m0/s1. The van der Waals surface area contributed by atoms with Crippen LogP contribution in [0.2, 0.25) is 23.9 Å². The van der Waals surface area contributed by atoms with Crippen LogP contribution in [0.4, 0.5) is 0 Å². The van der Waals surface area contributed by atoms with Crippen molar-refractivity contribution in [3.8, 4) is 0 Å². The molecule has 1 aliphatic heterocycles. The molecule has 0 unspecified atom stereocenters. The zero-order chi connectivity index (χ0) is 25.6. The molecule has 1 aromatic carbocycles. The van der Waals surface area contributed by atoms with Gasteiger partial charge in [0.2, 0.25) is 0 Å². The summed E-state index contributed by atoms with van der Waals surface area (Å²) in [5.41, 5.74) is 1.07. The van der Waals surface area contributed by atoms with E-state index in [1.807, 2.05) is 18.2 Å². The first-order valence-corrected chi connectivity index (χ1v) is 16.3. The van der Waals surface area contributed by atoms with Crippen LogP contribution < -0.4 is 0 Å². The molecule has 7 heteroatoms. The summed E-state index contributed by atoms with van der Waals surface area (Å²) < 4.78 is 26.5. The number of rotatable bonds is 10. The fourth-order valence-electron chi connectivity index (χ4n) is 6.21. The molecule has 1 saturated heterocycles. The summed E-state index contributed by atoms with van der Waals surface area (Å²) >= 11 is 0. The predicted octanol–water partition coefficient (Wildman–Crippen LogP) is 6.28. The van der Waals surface area contributed by atoms with Crippen LogP contribution in [-0.2, 0) is 29.9 Å². The van der Waals surface area contributed by atoms with Crippen LogP contribution in [0, 0.1) is 17.3 Å². The van der Waals surface area contributed by atoms with E-state index in [9.17, 15) is 4.79 Å². The molecule has 2 bridgehead atoms. The van der Waals surface area contributed by atoms with Gasteiger partial charge in [-0.25, -0.2) is 0 Å². The van der Waals surface area contributed by atoms with Gasteiger partial charge in [-0.1, -0.05) is 65.0 Å². The van der Waals surface area contributed by atoms with E-state index in [0.29, 0.717) is 31.5 Å². The summed E-state index contributed by atoms with van der Waals surface area (Å²) in [7, 11) is -2.47. The minimum absolute atomic E-state index is 0.0782. The van der Waals surface area contributed by atoms with Gasteiger partial charge in [0, 0.05) is 12.2 Å². The van der Waals surface area contributed by atoms with E-state index in [4.69, 9.17) is 18.5 Å². The summed E-state index contributed by atoms with van der Waals surface area (Å²) in [5.74, 6) is 0.945. The molecular weight excluding hydrogens is 455 g/mol. The van der Waals surface area contributed by atoms with Crippen LogP contribution in [0.5, 0.6) is 0 Å². The normalized spacial score (nSPS) is 31.4. The number of hydrogen-bond acceptors (Lipinski definition) is 5. The first-order chi connectivity index (χ1) is 16.3. The van der Waals surface area contributed by atoms with Crippen molar-refractivity contribution in [2.24, 2.45) is 17.3 Å². The zero-order valence-electron chi connectivity index (χ0n) is 23.0. The van der Waals surface area contributed by atoms with E-state index in [1.54, 1.807) is 0 Å². The lowest BCUT2D eigenvalue weighted by Crippen LogP contribution is -2.65. The van der Waals surface area contributed by atoms with Crippen LogP contribution in [0.15, 0.2) is 30.3 Å². The average molecular weight is 501 g/mol. The Bertz CT molecular complexity index is 885. The second-order valence-electron chi connectivity index (χ2n) is 13.3. The van der Waals surface area contributed by atoms with Crippen LogP contribution in [0.25, 0.3) is 0 Å². The minimum atomic E-state index is -2.00. The third-order valence-electron chi connectivity index (χ3n) is 9.89. The topological polar surface area (TPSA) is 54.0 Å². The average Bonchev–Trinajstić information content (AvgIpc) is 3.14. The number of carbonyl (C=O) groups is 1. The molecule has 35 heavy (non-hydrogen) atoms. The van der Waals surface area contributed by atoms with Crippen LogP contribution in [-0.4, -0.2) is 46.1 Å². The van der Waals surface area contributed by atoms with Gasteiger partial charge in [-0.2, -0.15) is 0 Å². The zero-order valence-corrected chi connectivity index (χ0v) is 24.0. The van der Waals surface area contributed by atoms with Gasteiger partial charge < -0.3 is 23.3 Å². The third-order valence-corrected chi connectivity index (χ3v) is 14.4. The Kier molecular flexibility index (Phi) is 7.51. The lowest BCUT2D eigenvalue weighted by atomic mass is 9.43. The molecule has 6 atom stereocenters. The number of carbonyl (C=O) groups excluding carboxylic acids is 1. The summed E-state index contributed by atoms with van der Waals surface area (Å²) in [6, 6.07) is 10.2. The van der Waals surface area contributed by atoms with Crippen molar-refractivity contribution in [2.75, 3.05) is 6.61 Å². The SMILES string of the molecule is CC1(C)[C@@H]2C[C@H]3OB([C@@H](CC=O)[C@@H](CO[Si](C)(C)C(C)(C)C)OCc4ccccc4)O[C@@]3(C)[C@H]1C2. The minimum Gasteiger partial charge on any atom is -0.414 e. The second-order valence-corrected chi connectivity index (χ2v) is 18.1. The maximum atomic E-state index is 11.9. The molecule has 4 aliphatic rings. The Morgan fingerprint density at radius 1 is 1.17 bits per heavy atom. The molecule has 3 aliphatic carbocycles. The second kappa shape index (κ2) is 9.71. The maximum absolute atomic E-state index is 11.9. The first-order valence-electron chi connectivity index (χ1n) is 13.4. The van der Waals surface area contributed by atoms with Gasteiger partial charge >= 0.3 is 7.12 Å². The van der Waals surface area contributed by atoms with E-state index in [1.165, 1.54) is 6.42 Å². The molecule has 1 heterocycles. The summed E-state index contributed by atoms with van der Waals surface area (Å²) in [6.07, 6.45) is 3.32. The largest absolute Gasteiger partial charge is 0.464 e. The molecule has 0 aromatic heterocycles. The van der Waals surface area contributed by atoms with Crippen LogP contribution >= 0.6 is 0 Å². The smallest absolute Gasteiger partial charge is 0.414 e.